The number of carbonyl (C=O) groups is 1. The summed E-state index contributed by atoms with van der Waals surface area (Å²) in [7, 11) is 0. The molecule has 1 amide bonds. The molecular weight excluding hydrogens is 270 g/mol. The first-order valence-corrected chi connectivity index (χ1v) is 7.91. The predicted molar refractivity (Wildman–Crippen MR) is 98.4 cm³/mol. The Balaban J connectivity index is 0.00000211. The van der Waals surface area contributed by atoms with E-state index in [2.05, 4.69) is 44.8 Å². The first-order chi connectivity index (χ1) is 10.2. The Hall–Kier alpha value is -1.83. The third-order valence-electron chi connectivity index (χ3n) is 3.34. The minimum atomic E-state index is -0.103. The average molecular weight is 301 g/mol. The van der Waals surface area contributed by atoms with Gasteiger partial charge in [0.25, 0.3) is 5.91 Å². The highest BCUT2D eigenvalue weighted by Crippen LogP contribution is 2.27. The van der Waals surface area contributed by atoms with Gasteiger partial charge in [-0.25, -0.2) is 0 Å². The fourth-order valence-electron chi connectivity index (χ4n) is 1.98. The van der Waals surface area contributed by atoms with Gasteiger partial charge >= 0.3 is 0 Å². The van der Waals surface area contributed by atoms with E-state index in [4.69, 9.17) is 0 Å². The molecular formula is C20H31NO. The minimum Gasteiger partial charge on any atom is -0.322 e. The Morgan fingerprint density at radius 2 is 1.77 bits per heavy atom. The van der Waals surface area contributed by atoms with Gasteiger partial charge in [0.2, 0.25) is 0 Å². The van der Waals surface area contributed by atoms with Gasteiger partial charge in [-0.15, -0.1) is 0 Å². The maximum atomic E-state index is 12.3. The minimum absolute atomic E-state index is 0.0605. The number of aryl methyl sites for hydroxylation is 1. The van der Waals surface area contributed by atoms with Gasteiger partial charge in [-0.05, 0) is 49.0 Å². The fourth-order valence-corrected chi connectivity index (χ4v) is 1.98. The smallest absolute Gasteiger partial charge is 0.255 e. The number of amides is 1. The molecule has 0 aliphatic rings. The van der Waals surface area contributed by atoms with Crippen LogP contribution in [0.3, 0.4) is 0 Å². The molecule has 0 heterocycles. The van der Waals surface area contributed by atoms with E-state index in [1.54, 1.807) is 6.08 Å². The summed E-state index contributed by atoms with van der Waals surface area (Å²) in [6.07, 6.45) is 1.79. The third-order valence-corrected chi connectivity index (χ3v) is 3.34. The van der Waals surface area contributed by atoms with E-state index in [-0.39, 0.29) is 11.3 Å². The van der Waals surface area contributed by atoms with Crippen molar-refractivity contribution in [2.75, 3.05) is 5.32 Å². The van der Waals surface area contributed by atoms with E-state index in [0.29, 0.717) is 5.57 Å². The van der Waals surface area contributed by atoms with Gasteiger partial charge in [0.15, 0.2) is 0 Å². The lowest BCUT2D eigenvalue weighted by Crippen LogP contribution is -2.17. The number of carbonyl (C=O) groups excluding carboxylic acids is 1. The van der Waals surface area contributed by atoms with Crippen molar-refractivity contribution in [1.29, 1.82) is 0 Å². The highest BCUT2D eigenvalue weighted by Gasteiger charge is 2.16. The van der Waals surface area contributed by atoms with Crippen molar-refractivity contribution >= 4 is 11.6 Å². The van der Waals surface area contributed by atoms with Crippen molar-refractivity contribution in [2.45, 2.75) is 60.8 Å². The quantitative estimate of drug-likeness (QED) is 0.556. The highest BCUT2D eigenvalue weighted by atomic mass is 16.1. The molecule has 122 valence electrons. The van der Waals surface area contributed by atoms with Crippen molar-refractivity contribution in [3.8, 4) is 0 Å². The summed E-state index contributed by atoms with van der Waals surface area (Å²) < 4.78 is 0. The number of benzene rings is 1. The van der Waals surface area contributed by atoms with Gasteiger partial charge in [0, 0.05) is 11.3 Å². The number of nitrogens with one attached hydrogen (secondary N) is 1. The van der Waals surface area contributed by atoms with E-state index in [9.17, 15) is 4.79 Å². The van der Waals surface area contributed by atoms with Crippen LogP contribution in [0, 0.1) is 6.92 Å². The first-order valence-electron chi connectivity index (χ1n) is 7.91. The monoisotopic (exact) mass is 301 g/mol. The molecule has 0 bridgehead atoms. The average Bonchev–Trinajstić information content (AvgIpc) is 2.42. The second-order valence-corrected chi connectivity index (χ2v) is 6.22. The molecule has 0 aliphatic carbocycles. The van der Waals surface area contributed by atoms with E-state index in [1.807, 2.05) is 40.7 Å². The maximum absolute atomic E-state index is 12.3. The summed E-state index contributed by atoms with van der Waals surface area (Å²) in [5, 5.41) is 2.99. The summed E-state index contributed by atoms with van der Waals surface area (Å²) in [6, 6.07) is 6.21. The van der Waals surface area contributed by atoms with Crippen LogP contribution < -0.4 is 5.32 Å². The van der Waals surface area contributed by atoms with Gasteiger partial charge in [-0.3, -0.25) is 4.79 Å². The Morgan fingerprint density at radius 3 is 2.18 bits per heavy atom. The second kappa shape index (κ2) is 8.57. The molecule has 2 nitrogen and oxygen atoms in total. The number of rotatable bonds is 3. The van der Waals surface area contributed by atoms with Crippen molar-refractivity contribution in [2.24, 2.45) is 0 Å². The molecule has 0 spiro atoms. The lowest BCUT2D eigenvalue weighted by atomic mass is 9.86. The molecule has 1 aromatic carbocycles. The van der Waals surface area contributed by atoms with Crippen molar-refractivity contribution in [3.63, 3.8) is 0 Å². The Kier molecular flexibility index (Phi) is 7.86. The largest absolute Gasteiger partial charge is 0.322 e. The zero-order valence-electron chi connectivity index (χ0n) is 15.4. The second-order valence-electron chi connectivity index (χ2n) is 6.22. The summed E-state index contributed by atoms with van der Waals surface area (Å²) in [6.45, 7) is 20.0. The van der Waals surface area contributed by atoms with Crippen LogP contribution >= 0.6 is 0 Å². The Bertz CT molecular complexity index is 560. The summed E-state index contributed by atoms with van der Waals surface area (Å²) >= 11 is 0. The normalized spacial score (nSPS) is 11.4. The maximum Gasteiger partial charge on any atom is 0.255 e. The molecule has 0 unspecified atom stereocenters. The molecule has 0 saturated carbocycles. The third kappa shape index (κ3) is 5.51. The molecule has 0 aromatic heterocycles. The molecule has 1 rings (SSSR count). The SMILES string of the molecule is C=C(C)/C(=C\C)C(=O)Nc1cc(C(C)(C)C)ccc1C.CC. The van der Waals surface area contributed by atoms with Crippen molar-refractivity contribution in [3.05, 3.63) is 53.1 Å². The Morgan fingerprint density at radius 1 is 1.23 bits per heavy atom. The van der Waals surface area contributed by atoms with Crippen LogP contribution in [0.25, 0.3) is 0 Å². The summed E-state index contributed by atoms with van der Waals surface area (Å²) in [4.78, 5) is 12.3. The number of anilines is 1. The Labute approximate surface area is 136 Å². The van der Waals surface area contributed by atoms with E-state index >= 15 is 0 Å². The molecule has 2 heteroatoms. The molecule has 0 fully saturated rings. The van der Waals surface area contributed by atoms with Gasteiger partial charge in [0.05, 0.1) is 0 Å². The number of hydrogen-bond donors (Lipinski definition) is 1. The zero-order valence-corrected chi connectivity index (χ0v) is 15.4. The van der Waals surface area contributed by atoms with Gasteiger partial charge < -0.3 is 5.32 Å². The summed E-state index contributed by atoms with van der Waals surface area (Å²) in [5.74, 6) is -0.103. The van der Waals surface area contributed by atoms with Crippen LogP contribution in [0.15, 0.2) is 42.0 Å². The molecule has 1 aromatic rings. The molecule has 0 saturated heterocycles. The van der Waals surface area contributed by atoms with Crippen molar-refractivity contribution < 1.29 is 4.79 Å². The van der Waals surface area contributed by atoms with Crippen LogP contribution in [0.4, 0.5) is 5.69 Å². The van der Waals surface area contributed by atoms with E-state index in [1.165, 1.54) is 5.56 Å². The van der Waals surface area contributed by atoms with Crippen LogP contribution in [-0.4, -0.2) is 5.91 Å². The molecule has 22 heavy (non-hydrogen) atoms. The number of allylic oxidation sites excluding steroid dienone is 1. The summed E-state index contributed by atoms with van der Waals surface area (Å²) in [5.41, 5.74) is 4.59. The predicted octanol–water partition coefficient (Wildman–Crippen LogP) is 5.78. The van der Waals surface area contributed by atoms with Gasteiger partial charge in [0.1, 0.15) is 0 Å². The van der Waals surface area contributed by atoms with Gasteiger partial charge in [-0.2, -0.15) is 0 Å². The molecule has 0 radical (unpaired) electrons. The van der Waals surface area contributed by atoms with Gasteiger partial charge in [-0.1, -0.05) is 59.4 Å². The first kappa shape index (κ1) is 20.2. The van der Waals surface area contributed by atoms with Crippen LogP contribution in [0.5, 0.6) is 0 Å². The van der Waals surface area contributed by atoms with Crippen LogP contribution in [-0.2, 0) is 10.2 Å². The lowest BCUT2D eigenvalue weighted by Gasteiger charge is -2.21. The fraction of sp³-hybridized carbons (Fsp3) is 0.450. The van der Waals surface area contributed by atoms with E-state index < -0.39 is 0 Å². The lowest BCUT2D eigenvalue weighted by molar-refractivity contribution is -0.112. The topological polar surface area (TPSA) is 29.1 Å². The van der Waals surface area contributed by atoms with Crippen LogP contribution in [0.1, 0.15) is 59.6 Å². The number of hydrogen-bond acceptors (Lipinski definition) is 1. The highest BCUT2D eigenvalue weighted by molar-refractivity contribution is 6.07. The zero-order chi connectivity index (χ0) is 17.5. The van der Waals surface area contributed by atoms with E-state index in [0.717, 1.165) is 16.8 Å². The molecule has 1 N–H and O–H groups in total. The molecule has 0 aliphatic heterocycles. The van der Waals surface area contributed by atoms with Crippen LogP contribution in [0.2, 0.25) is 0 Å². The standard InChI is InChI=1S/C18H25NO.C2H6/c1-8-15(12(2)3)17(20)19-16-11-14(18(5,6)7)10-9-13(16)4;1-2/h8-11H,2H2,1,3-7H3,(H,19,20);1-2H3/b15-8+;. The molecule has 0 atom stereocenters. The van der Waals surface area contributed by atoms with Crippen molar-refractivity contribution in [1.82, 2.24) is 0 Å².